The molecule has 0 spiro atoms. The van der Waals surface area contributed by atoms with Crippen LogP contribution < -0.4 is 14.4 Å². The first kappa shape index (κ1) is 31.0. The number of carbonyl (C=O) groups excluding carboxylic acids is 2. The zero-order valence-corrected chi connectivity index (χ0v) is 25.7. The Morgan fingerprint density at radius 3 is 2.55 bits per heavy atom. The highest BCUT2D eigenvalue weighted by Crippen LogP contribution is 2.45. The van der Waals surface area contributed by atoms with Gasteiger partial charge in [-0.15, -0.1) is 10.2 Å². The second kappa shape index (κ2) is 14.3. The maximum Gasteiger partial charge on any atom is 0.296 e. The molecule has 1 N–H and O–H groups in total. The van der Waals surface area contributed by atoms with Crippen molar-refractivity contribution >= 4 is 46.0 Å². The molecular formula is C33H30FN3O5S2. The van der Waals surface area contributed by atoms with Gasteiger partial charge in [0.05, 0.1) is 24.8 Å². The number of anilines is 1. The van der Waals surface area contributed by atoms with Gasteiger partial charge in [0.2, 0.25) is 5.13 Å². The second-order valence-electron chi connectivity index (χ2n) is 9.70. The van der Waals surface area contributed by atoms with Gasteiger partial charge in [-0.25, -0.2) is 4.39 Å². The first-order chi connectivity index (χ1) is 21.4. The summed E-state index contributed by atoms with van der Waals surface area (Å²) in [5.74, 6) is -0.748. The van der Waals surface area contributed by atoms with Crippen LogP contribution in [0.3, 0.4) is 0 Å². The fourth-order valence-corrected chi connectivity index (χ4v) is 6.40. The van der Waals surface area contributed by atoms with Gasteiger partial charge in [-0.1, -0.05) is 84.6 Å². The van der Waals surface area contributed by atoms with Crippen LogP contribution in [0, 0.1) is 5.82 Å². The third-order valence-corrected chi connectivity index (χ3v) is 8.75. The number of hydrogen-bond acceptors (Lipinski definition) is 9. The van der Waals surface area contributed by atoms with Gasteiger partial charge >= 0.3 is 0 Å². The van der Waals surface area contributed by atoms with Gasteiger partial charge in [-0.2, -0.15) is 0 Å². The molecule has 1 aliphatic heterocycles. The van der Waals surface area contributed by atoms with Crippen molar-refractivity contribution in [1.29, 1.82) is 0 Å². The Morgan fingerprint density at radius 2 is 1.82 bits per heavy atom. The van der Waals surface area contributed by atoms with Crippen LogP contribution in [-0.2, 0) is 15.3 Å². The van der Waals surface area contributed by atoms with E-state index in [9.17, 15) is 19.1 Å². The smallest absolute Gasteiger partial charge is 0.296 e. The van der Waals surface area contributed by atoms with Crippen LogP contribution in [0.2, 0.25) is 0 Å². The fraction of sp³-hybridized carbons (Fsp3) is 0.212. The maximum atomic E-state index is 13.6. The lowest BCUT2D eigenvalue weighted by Gasteiger charge is -2.24. The minimum absolute atomic E-state index is 0.0810. The van der Waals surface area contributed by atoms with Crippen molar-refractivity contribution in [1.82, 2.24) is 10.2 Å². The Morgan fingerprint density at radius 1 is 1.05 bits per heavy atom. The van der Waals surface area contributed by atoms with Gasteiger partial charge in [0, 0.05) is 5.75 Å². The average molecular weight is 632 g/mol. The predicted octanol–water partition coefficient (Wildman–Crippen LogP) is 7.34. The molecule has 0 saturated heterocycles. The zero-order valence-electron chi connectivity index (χ0n) is 24.1. The summed E-state index contributed by atoms with van der Waals surface area (Å²) in [5.41, 5.74) is 2.14. The Bertz CT molecular complexity index is 1690. The minimum atomic E-state index is -1.00. The summed E-state index contributed by atoms with van der Waals surface area (Å²) < 4.78 is 25.6. The van der Waals surface area contributed by atoms with Crippen molar-refractivity contribution in [3.63, 3.8) is 0 Å². The van der Waals surface area contributed by atoms with Crippen LogP contribution in [0.1, 0.15) is 43.0 Å². The third-order valence-electron chi connectivity index (χ3n) is 6.62. The summed E-state index contributed by atoms with van der Waals surface area (Å²) in [6.45, 7) is 4.71. The Kier molecular flexibility index (Phi) is 10.1. The molecule has 226 valence electrons. The molecule has 1 atom stereocenters. The van der Waals surface area contributed by atoms with E-state index in [1.165, 1.54) is 34.9 Å². The van der Waals surface area contributed by atoms with Gasteiger partial charge in [0.1, 0.15) is 5.82 Å². The predicted molar refractivity (Wildman–Crippen MR) is 170 cm³/mol. The number of thioether (sulfide) groups is 1. The van der Waals surface area contributed by atoms with Crippen LogP contribution in [0.15, 0.2) is 94.5 Å². The second-order valence-corrected chi connectivity index (χ2v) is 11.9. The van der Waals surface area contributed by atoms with Gasteiger partial charge in [0.25, 0.3) is 5.91 Å². The van der Waals surface area contributed by atoms with Crippen molar-refractivity contribution in [3.8, 4) is 11.5 Å². The van der Waals surface area contributed by atoms with Crippen LogP contribution >= 0.6 is 23.1 Å². The molecule has 4 aromatic rings. The summed E-state index contributed by atoms with van der Waals surface area (Å²) in [6.07, 6.45) is 3.78. The van der Waals surface area contributed by atoms with Crippen molar-refractivity contribution in [2.75, 3.05) is 18.1 Å². The average Bonchev–Trinajstić information content (AvgIpc) is 3.61. The number of nitrogens with zero attached hydrogens (tertiary/aromatic N) is 3. The summed E-state index contributed by atoms with van der Waals surface area (Å²) in [6, 6.07) is 19.6. The van der Waals surface area contributed by atoms with Crippen molar-refractivity contribution < 1.29 is 28.6 Å². The number of carbonyl (C=O) groups is 2. The van der Waals surface area contributed by atoms with E-state index in [4.69, 9.17) is 9.47 Å². The third kappa shape index (κ3) is 7.00. The lowest BCUT2D eigenvalue weighted by atomic mass is 9.95. The number of aromatic nitrogens is 2. The molecule has 44 heavy (non-hydrogen) atoms. The molecule has 8 nitrogen and oxygen atoms in total. The molecule has 0 fully saturated rings. The Labute approximate surface area is 262 Å². The lowest BCUT2D eigenvalue weighted by molar-refractivity contribution is -0.117. The van der Waals surface area contributed by atoms with E-state index in [0.29, 0.717) is 40.4 Å². The molecule has 0 aliphatic carbocycles. The highest BCUT2D eigenvalue weighted by atomic mass is 32.2. The van der Waals surface area contributed by atoms with Gasteiger partial charge in [-0.05, 0) is 60.4 Å². The van der Waals surface area contributed by atoms with Crippen LogP contribution in [-0.4, -0.2) is 40.2 Å². The first-order valence-corrected chi connectivity index (χ1v) is 15.8. The number of halogens is 1. The molecule has 1 aromatic heterocycles. The molecule has 3 aromatic carbocycles. The van der Waals surface area contributed by atoms with E-state index in [2.05, 4.69) is 10.2 Å². The highest BCUT2D eigenvalue weighted by Gasteiger charge is 2.45. The number of ketones is 1. The van der Waals surface area contributed by atoms with E-state index >= 15 is 0 Å². The molecule has 0 bridgehead atoms. The standard InChI is InChI=1S/C33H30FN3O5S2/c1-3-18-42-26-17-13-23(19-27(26)41-4-2)29-28(25(38)16-12-21-8-6-5-7-9-21)30(39)31(40)37(29)32-35-36-33(44-32)43-20-22-10-14-24(34)15-11-22/h5-17,19,29,39H,3-4,18,20H2,1-2H3/b16-12+. The quantitative estimate of drug-likeness (QED) is 0.0929. The highest BCUT2D eigenvalue weighted by molar-refractivity contribution is 8.00. The molecule has 1 aliphatic rings. The number of rotatable bonds is 13. The number of aliphatic hydroxyl groups excluding tert-OH is 1. The van der Waals surface area contributed by atoms with Crippen LogP contribution in [0.25, 0.3) is 6.08 Å². The number of hydrogen-bond donors (Lipinski definition) is 1. The molecular weight excluding hydrogens is 602 g/mol. The maximum absolute atomic E-state index is 13.6. The van der Waals surface area contributed by atoms with Crippen LogP contribution in [0.5, 0.6) is 11.5 Å². The van der Waals surface area contributed by atoms with E-state index in [1.54, 1.807) is 36.4 Å². The van der Waals surface area contributed by atoms with E-state index in [0.717, 1.165) is 28.9 Å². The largest absolute Gasteiger partial charge is 0.503 e. The number of allylic oxidation sites excluding steroid dienone is 1. The van der Waals surface area contributed by atoms with Crippen molar-refractivity contribution in [2.45, 2.75) is 36.4 Å². The van der Waals surface area contributed by atoms with E-state index in [1.807, 2.05) is 44.2 Å². The molecule has 0 radical (unpaired) electrons. The number of aliphatic hydroxyl groups is 1. The molecule has 1 amide bonds. The van der Waals surface area contributed by atoms with Gasteiger partial charge < -0.3 is 14.6 Å². The Hall–Kier alpha value is -4.48. The first-order valence-electron chi connectivity index (χ1n) is 14.0. The van der Waals surface area contributed by atoms with E-state index in [-0.39, 0.29) is 16.5 Å². The summed E-state index contributed by atoms with van der Waals surface area (Å²) in [7, 11) is 0. The van der Waals surface area contributed by atoms with Gasteiger partial charge in [-0.3, -0.25) is 14.5 Å². The summed E-state index contributed by atoms with van der Waals surface area (Å²) in [5, 5.41) is 19.8. The van der Waals surface area contributed by atoms with Gasteiger partial charge in [0.15, 0.2) is 27.4 Å². The summed E-state index contributed by atoms with van der Waals surface area (Å²) >= 11 is 2.54. The number of amides is 1. The van der Waals surface area contributed by atoms with Crippen molar-refractivity contribution in [2.24, 2.45) is 0 Å². The normalized spacial score (nSPS) is 14.9. The van der Waals surface area contributed by atoms with Crippen molar-refractivity contribution in [3.05, 3.63) is 113 Å². The zero-order chi connectivity index (χ0) is 31.1. The number of benzene rings is 3. The molecule has 5 rings (SSSR count). The summed E-state index contributed by atoms with van der Waals surface area (Å²) in [4.78, 5) is 28.5. The monoisotopic (exact) mass is 631 g/mol. The Balaban J connectivity index is 1.51. The van der Waals surface area contributed by atoms with E-state index < -0.39 is 23.5 Å². The molecule has 1 unspecified atom stereocenters. The number of ether oxygens (including phenoxy) is 2. The minimum Gasteiger partial charge on any atom is -0.503 e. The molecule has 2 heterocycles. The fourth-order valence-electron chi connectivity index (χ4n) is 4.57. The SMILES string of the molecule is CCCOc1ccc(C2C(C(=O)/C=C/c3ccccc3)=C(O)C(=O)N2c2nnc(SCc3ccc(F)cc3)s2)cc1OCC. The lowest BCUT2D eigenvalue weighted by Crippen LogP contribution is -2.31. The topological polar surface area (TPSA) is 102 Å². The molecule has 0 saturated carbocycles. The van der Waals surface area contributed by atoms with Crippen LogP contribution in [0.4, 0.5) is 9.52 Å². The molecule has 11 heteroatoms.